The SMILES string of the molecule is Cc1cccc(CNC(=O)Cc2cccc(N(Cc3ccc(F)cc3)C(=O)/C=C/c3ccccc3)c2)c1. The smallest absolute Gasteiger partial charge is 0.251 e. The van der Waals surface area contributed by atoms with Gasteiger partial charge in [-0.15, -0.1) is 0 Å². The summed E-state index contributed by atoms with van der Waals surface area (Å²) < 4.78 is 13.4. The van der Waals surface area contributed by atoms with Crippen molar-refractivity contribution in [1.29, 1.82) is 0 Å². The Bertz CT molecular complexity index is 1380. The van der Waals surface area contributed by atoms with Crippen LogP contribution in [0.1, 0.15) is 27.8 Å². The molecule has 4 nitrogen and oxygen atoms in total. The lowest BCUT2D eigenvalue weighted by Gasteiger charge is -2.22. The van der Waals surface area contributed by atoms with Crippen molar-refractivity contribution < 1.29 is 14.0 Å². The van der Waals surface area contributed by atoms with Crippen molar-refractivity contribution in [2.75, 3.05) is 4.90 Å². The second-order valence-electron chi connectivity index (χ2n) is 8.91. The van der Waals surface area contributed by atoms with Crippen LogP contribution in [-0.2, 0) is 29.1 Å². The monoisotopic (exact) mass is 492 g/mol. The lowest BCUT2D eigenvalue weighted by Crippen LogP contribution is -2.29. The first-order chi connectivity index (χ1) is 18.0. The van der Waals surface area contributed by atoms with Gasteiger partial charge in [0.1, 0.15) is 5.82 Å². The van der Waals surface area contributed by atoms with E-state index in [0.717, 1.165) is 27.8 Å². The molecule has 2 amide bonds. The highest BCUT2D eigenvalue weighted by atomic mass is 19.1. The molecule has 0 fully saturated rings. The van der Waals surface area contributed by atoms with Crippen LogP contribution < -0.4 is 10.2 Å². The minimum absolute atomic E-state index is 0.0981. The summed E-state index contributed by atoms with van der Waals surface area (Å²) in [4.78, 5) is 27.5. The van der Waals surface area contributed by atoms with Crippen molar-refractivity contribution in [3.8, 4) is 0 Å². The number of carbonyl (C=O) groups is 2. The van der Waals surface area contributed by atoms with E-state index in [1.807, 2.05) is 85.8 Å². The predicted octanol–water partition coefficient (Wildman–Crippen LogP) is 6.24. The summed E-state index contributed by atoms with van der Waals surface area (Å²) in [7, 11) is 0. The second kappa shape index (κ2) is 12.5. The highest BCUT2D eigenvalue weighted by Crippen LogP contribution is 2.21. The van der Waals surface area contributed by atoms with Crippen molar-refractivity contribution in [2.45, 2.75) is 26.4 Å². The van der Waals surface area contributed by atoms with Crippen LogP contribution in [0.3, 0.4) is 0 Å². The van der Waals surface area contributed by atoms with Gasteiger partial charge in [-0.05, 0) is 59.5 Å². The Morgan fingerprint density at radius 1 is 0.811 bits per heavy atom. The molecule has 0 aliphatic rings. The Kier molecular flexibility index (Phi) is 8.61. The fourth-order valence-electron chi connectivity index (χ4n) is 4.00. The predicted molar refractivity (Wildman–Crippen MR) is 146 cm³/mol. The zero-order valence-corrected chi connectivity index (χ0v) is 20.7. The number of hydrogen-bond acceptors (Lipinski definition) is 2. The summed E-state index contributed by atoms with van der Waals surface area (Å²) in [6.45, 7) is 2.74. The van der Waals surface area contributed by atoms with Gasteiger partial charge in [-0.3, -0.25) is 9.59 Å². The molecule has 0 aliphatic carbocycles. The van der Waals surface area contributed by atoms with Crippen LogP contribution in [0.5, 0.6) is 0 Å². The number of aryl methyl sites for hydroxylation is 1. The third-order valence-electron chi connectivity index (χ3n) is 5.90. The van der Waals surface area contributed by atoms with Gasteiger partial charge in [0.05, 0.1) is 13.0 Å². The van der Waals surface area contributed by atoms with Crippen LogP contribution in [0.4, 0.5) is 10.1 Å². The van der Waals surface area contributed by atoms with Crippen LogP contribution in [0, 0.1) is 12.7 Å². The molecule has 0 aromatic heterocycles. The molecule has 0 aliphatic heterocycles. The van der Waals surface area contributed by atoms with E-state index in [4.69, 9.17) is 0 Å². The number of benzene rings is 4. The molecule has 0 radical (unpaired) electrons. The first-order valence-electron chi connectivity index (χ1n) is 12.2. The number of anilines is 1. The van der Waals surface area contributed by atoms with Gasteiger partial charge in [-0.1, -0.05) is 84.4 Å². The molecule has 5 heteroatoms. The molecule has 4 rings (SSSR count). The molecule has 4 aromatic carbocycles. The van der Waals surface area contributed by atoms with Crippen molar-refractivity contribution in [3.05, 3.63) is 143 Å². The molecule has 186 valence electrons. The van der Waals surface area contributed by atoms with Gasteiger partial charge in [0.25, 0.3) is 5.91 Å². The Morgan fingerprint density at radius 3 is 2.30 bits per heavy atom. The van der Waals surface area contributed by atoms with Gasteiger partial charge in [0.15, 0.2) is 0 Å². The summed E-state index contributed by atoms with van der Waals surface area (Å²) in [5, 5.41) is 2.96. The molecule has 0 spiro atoms. The van der Waals surface area contributed by atoms with Crippen LogP contribution in [-0.4, -0.2) is 11.8 Å². The number of halogens is 1. The Hall–Kier alpha value is -4.51. The molecule has 0 saturated carbocycles. The van der Waals surface area contributed by atoms with Crippen LogP contribution in [0.25, 0.3) is 6.08 Å². The maximum Gasteiger partial charge on any atom is 0.251 e. The molecule has 37 heavy (non-hydrogen) atoms. The van der Waals surface area contributed by atoms with Gasteiger partial charge in [-0.2, -0.15) is 0 Å². The molecule has 0 saturated heterocycles. The van der Waals surface area contributed by atoms with E-state index in [1.165, 1.54) is 18.2 Å². The van der Waals surface area contributed by atoms with Crippen LogP contribution in [0.2, 0.25) is 0 Å². The highest BCUT2D eigenvalue weighted by Gasteiger charge is 2.15. The van der Waals surface area contributed by atoms with Gasteiger partial charge in [0, 0.05) is 18.3 Å². The number of hydrogen-bond donors (Lipinski definition) is 1. The zero-order valence-electron chi connectivity index (χ0n) is 20.7. The van der Waals surface area contributed by atoms with E-state index in [9.17, 15) is 14.0 Å². The maximum absolute atomic E-state index is 13.4. The van der Waals surface area contributed by atoms with Crippen molar-refractivity contribution >= 4 is 23.6 Å². The average Bonchev–Trinajstić information content (AvgIpc) is 2.91. The number of amides is 2. The zero-order chi connectivity index (χ0) is 26.0. The Balaban J connectivity index is 1.50. The fourth-order valence-corrected chi connectivity index (χ4v) is 4.00. The fraction of sp³-hybridized carbons (Fsp3) is 0.125. The summed E-state index contributed by atoms with van der Waals surface area (Å²) in [6, 6.07) is 31.1. The van der Waals surface area contributed by atoms with Crippen molar-refractivity contribution in [1.82, 2.24) is 5.32 Å². The third-order valence-corrected chi connectivity index (χ3v) is 5.90. The summed E-state index contributed by atoms with van der Waals surface area (Å²) in [6.07, 6.45) is 3.49. The minimum Gasteiger partial charge on any atom is -0.352 e. The molecule has 1 N–H and O–H groups in total. The molecular formula is C32H29FN2O2. The number of carbonyl (C=O) groups excluding carboxylic acids is 2. The molecule has 0 unspecified atom stereocenters. The molecule has 0 bridgehead atoms. The number of nitrogens with zero attached hydrogens (tertiary/aromatic N) is 1. The van der Waals surface area contributed by atoms with Crippen molar-refractivity contribution in [2.24, 2.45) is 0 Å². The quantitative estimate of drug-likeness (QED) is 0.281. The normalized spacial score (nSPS) is 10.9. The molecular weight excluding hydrogens is 463 g/mol. The minimum atomic E-state index is -0.329. The standard InChI is InChI=1S/C32H29FN2O2/c1-24-7-5-11-28(19-24)22-34-31(36)21-27-10-6-12-30(20-27)35(23-26-13-16-29(33)17-14-26)32(37)18-15-25-8-3-2-4-9-25/h2-20H,21-23H2,1H3,(H,34,36)/b18-15+. The van der Waals surface area contributed by atoms with E-state index in [1.54, 1.807) is 23.1 Å². The lowest BCUT2D eigenvalue weighted by atomic mass is 10.1. The van der Waals surface area contributed by atoms with Gasteiger partial charge < -0.3 is 10.2 Å². The van der Waals surface area contributed by atoms with E-state index in [0.29, 0.717) is 12.2 Å². The summed E-state index contributed by atoms with van der Waals surface area (Å²) >= 11 is 0. The van der Waals surface area contributed by atoms with E-state index < -0.39 is 0 Å². The van der Waals surface area contributed by atoms with Gasteiger partial charge in [-0.25, -0.2) is 4.39 Å². The molecule has 4 aromatic rings. The first-order valence-corrected chi connectivity index (χ1v) is 12.2. The summed E-state index contributed by atoms with van der Waals surface area (Å²) in [5.41, 5.74) is 5.36. The average molecular weight is 493 g/mol. The molecule has 0 atom stereocenters. The van der Waals surface area contributed by atoms with Crippen LogP contribution >= 0.6 is 0 Å². The largest absolute Gasteiger partial charge is 0.352 e. The first kappa shape index (κ1) is 25.6. The number of nitrogens with one attached hydrogen (secondary N) is 1. The van der Waals surface area contributed by atoms with Crippen molar-refractivity contribution in [3.63, 3.8) is 0 Å². The van der Waals surface area contributed by atoms with E-state index >= 15 is 0 Å². The van der Waals surface area contributed by atoms with Gasteiger partial charge >= 0.3 is 0 Å². The summed E-state index contributed by atoms with van der Waals surface area (Å²) in [5.74, 6) is -0.641. The third kappa shape index (κ3) is 7.74. The molecule has 0 heterocycles. The van der Waals surface area contributed by atoms with E-state index in [-0.39, 0.29) is 30.6 Å². The Labute approximate surface area is 217 Å². The van der Waals surface area contributed by atoms with Gasteiger partial charge in [0.2, 0.25) is 5.91 Å². The highest BCUT2D eigenvalue weighted by molar-refractivity contribution is 6.03. The topological polar surface area (TPSA) is 49.4 Å². The number of rotatable bonds is 9. The van der Waals surface area contributed by atoms with Crippen LogP contribution in [0.15, 0.2) is 109 Å². The Morgan fingerprint density at radius 2 is 1.54 bits per heavy atom. The maximum atomic E-state index is 13.4. The second-order valence-corrected chi connectivity index (χ2v) is 8.91. The lowest BCUT2D eigenvalue weighted by molar-refractivity contribution is -0.120. The van der Waals surface area contributed by atoms with E-state index in [2.05, 4.69) is 5.32 Å².